The van der Waals surface area contributed by atoms with Crippen molar-refractivity contribution in [3.63, 3.8) is 0 Å². The van der Waals surface area contributed by atoms with Crippen LogP contribution >= 0.6 is 0 Å². The molecule has 0 fully saturated rings. The summed E-state index contributed by atoms with van der Waals surface area (Å²) in [4.78, 5) is 4.22. The second-order valence-corrected chi connectivity index (χ2v) is 3.47. The van der Waals surface area contributed by atoms with Gasteiger partial charge in [0.2, 0.25) is 5.95 Å². The standard InChI is InChI=1S/C10H20N4/c1-3-5-9(11)8-13-10-12-6-7-14(10)4-2/h6-7,9H,3-5,8,11H2,1-2H3,(H,12,13). The monoisotopic (exact) mass is 196 g/mol. The van der Waals surface area contributed by atoms with Crippen molar-refractivity contribution in [3.8, 4) is 0 Å². The average Bonchev–Trinajstić information content (AvgIpc) is 2.62. The van der Waals surface area contributed by atoms with Gasteiger partial charge in [-0.3, -0.25) is 0 Å². The summed E-state index contributed by atoms with van der Waals surface area (Å²) in [6.45, 7) is 5.97. The molecule has 0 aromatic carbocycles. The first kappa shape index (κ1) is 11.0. The van der Waals surface area contributed by atoms with E-state index in [1.165, 1.54) is 0 Å². The number of aromatic nitrogens is 2. The van der Waals surface area contributed by atoms with Gasteiger partial charge in [-0.1, -0.05) is 13.3 Å². The molecule has 1 aromatic heterocycles. The third kappa shape index (κ3) is 3.03. The first-order valence-corrected chi connectivity index (χ1v) is 5.28. The summed E-state index contributed by atoms with van der Waals surface area (Å²) in [6.07, 6.45) is 5.95. The lowest BCUT2D eigenvalue weighted by molar-refractivity contribution is 0.621. The highest BCUT2D eigenvalue weighted by Gasteiger charge is 2.03. The molecule has 4 heteroatoms. The van der Waals surface area contributed by atoms with E-state index in [0.717, 1.165) is 31.9 Å². The molecule has 0 aliphatic heterocycles. The molecule has 0 saturated heterocycles. The van der Waals surface area contributed by atoms with Crippen LogP contribution in [-0.2, 0) is 6.54 Å². The smallest absolute Gasteiger partial charge is 0.202 e. The zero-order valence-electron chi connectivity index (χ0n) is 9.03. The van der Waals surface area contributed by atoms with Crippen molar-refractivity contribution in [2.75, 3.05) is 11.9 Å². The second-order valence-electron chi connectivity index (χ2n) is 3.47. The Kier molecular flexibility index (Phi) is 4.46. The largest absolute Gasteiger partial charge is 0.354 e. The highest BCUT2D eigenvalue weighted by atomic mass is 15.2. The summed E-state index contributed by atoms with van der Waals surface area (Å²) in [6, 6.07) is 0.224. The maximum absolute atomic E-state index is 5.89. The van der Waals surface area contributed by atoms with Gasteiger partial charge < -0.3 is 15.6 Å². The Morgan fingerprint density at radius 2 is 2.36 bits per heavy atom. The fraction of sp³-hybridized carbons (Fsp3) is 0.700. The van der Waals surface area contributed by atoms with E-state index >= 15 is 0 Å². The van der Waals surface area contributed by atoms with E-state index in [2.05, 4.69) is 28.7 Å². The summed E-state index contributed by atoms with van der Waals surface area (Å²) in [5.74, 6) is 0.916. The number of hydrogen-bond donors (Lipinski definition) is 2. The van der Waals surface area contributed by atoms with E-state index in [0.29, 0.717) is 0 Å². The first-order valence-electron chi connectivity index (χ1n) is 5.28. The van der Waals surface area contributed by atoms with Crippen LogP contribution in [0.15, 0.2) is 12.4 Å². The Labute approximate surface area is 85.5 Å². The lowest BCUT2D eigenvalue weighted by atomic mass is 10.2. The highest BCUT2D eigenvalue weighted by Crippen LogP contribution is 2.04. The van der Waals surface area contributed by atoms with Crippen LogP contribution in [0.4, 0.5) is 5.95 Å². The second kappa shape index (κ2) is 5.65. The lowest BCUT2D eigenvalue weighted by Crippen LogP contribution is -2.29. The predicted octanol–water partition coefficient (Wildman–Crippen LogP) is 1.44. The zero-order chi connectivity index (χ0) is 10.4. The van der Waals surface area contributed by atoms with Crippen LogP contribution < -0.4 is 11.1 Å². The van der Waals surface area contributed by atoms with Crippen LogP contribution in [0.5, 0.6) is 0 Å². The summed E-state index contributed by atoms with van der Waals surface area (Å²) in [5.41, 5.74) is 5.89. The molecule has 80 valence electrons. The van der Waals surface area contributed by atoms with Crippen molar-refractivity contribution in [3.05, 3.63) is 12.4 Å². The van der Waals surface area contributed by atoms with Crippen LogP contribution in [0.2, 0.25) is 0 Å². The SMILES string of the molecule is CCCC(N)CNc1nccn1CC. The first-order chi connectivity index (χ1) is 6.77. The summed E-state index contributed by atoms with van der Waals surface area (Å²) < 4.78 is 2.07. The molecule has 1 unspecified atom stereocenters. The molecule has 0 radical (unpaired) electrons. The minimum absolute atomic E-state index is 0.224. The van der Waals surface area contributed by atoms with Crippen LogP contribution in [0.3, 0.4) is 0 Å². The molecule has 1 rings (SSSR count). The van der Waals surface area contributed by atoms with Gasteiger partial charge in [0.15, 0.2) is 0 Å². The van der Waals surface area contributed by atoms with Crippen molar-refractivity contribution in [2.45, 2.75) is 39.3 Å². The molecule has 1 atom stereocenters. The molecule has 0 saturated carbocycles. The third-order valence-corrected chi connectivity index (χ3v) is 2.24. The predicted molar refractivity (Wildman–Crippen MR) is 59.3 cm³/mol. The van der Waals surface area contributed by atoms with Gasteiger partial charge in [-0.15, -0.1) is 0 Å². The Balaban J connectivity index is 2.37. The normalized spacial score (nSPS) is 12.8. The number of nitrogens with one attached hydrogen (secondary N) is 1. The van der Waals surface area contributed by atoms with E-state index in [9.17, 15) is 0 Å². The summed E-state index contributed by atoms with van der Waals surface area (Å²) >= 11 is 0. The van der Waals surface area contributed by atoms with E-state index in [1.807, 2.05) is 6.20 Å². The number of hydrogen-bond acceptors (Lipinski definition) is 3. The molecular formula is C10H20N4. The van der Waals surface area contributed by atoms with Gasteiger partial charge in [-0.25, -0.2) is 4.98 Å². The maximum Gasteiger partial charge on any atom is 0.202 e. The van der Waals surface area contributed by atoms with Gasteiger partial charge >= 0.3 is 0 Å². The molecule has 1 aromatic rings. The van der Waals surface area contributed by atoms with Crippen LogP contribution in [0, 0.1) is 0 Å². The number of rotatable bonds is 6. The zero-order valence-corrected chi connectivity index (χ0v) is 9.03. The average molecular weight is 196 g/mol. The van der Waals surface area contributed by atoms with Crippen LogP contribution in [-0.4, -0.2) is 22.1 Å². The third-order valence-electron chi connectivity index (χ3n) is 2.24. The molecule has 1 heterocycles. The molecule has 0 bridgehead atoms. The minimum Gasteiger partial charge on any atom is -0.354 e. The maximum atomic E-state index is 5.89. The molecule has 14 heavy (non-hydrogen) atoms. The van der Waals surface area contributed by atoms with Gasteiger partial charge in [0.1, 0.15) is 0 Å². The molecule has 0 amide bonds. The van der Waals surface area contributed by atoms with Gasteiger partial charge in [-0.05, 0) is 13.3 Å². The quantitative estimate of drug-likeness (QED) is 0.724. The van der Waals surface area contributed by atoms with Crippen LogP contribution in [0.1, 0.15) is 26.7 Å². The highest BCUT2D eigenvalue weighted by molar-refractivity contribution is 5.25. The Morgan fingerprint density at radius 1 is 1.57 bits per heavy atom. The van der Waals surface area contributed by atoms with Crippen molar-refractivity contribution in [2.24, 2.45) is 5.73 Å². The van der Waals surface area contributed by atoms with E-state index < -0.39 is 0 Å². The van der Waals surface area contributed by atoms with Crippen molar-refractivity contribution < 1.29 is 0 Å². The van der Waals surface area contributed by atoms with E-state index in [-0.39, 0.29) is 6.04 Å². The number of nitrogens with two attached hydrogens (primary N) is 1. The number of nitrogens with zero attached hydrogens (tertiary/aromatic N) is 2. The molecular weight excluding hydrogens is 176 g/mol. The molecule has 3 N–H and O–H groups in total. The molecule has 0 aliphatic rings. The topological polar surface area (TPSA) is 55.9 Å². The molecule has 4 nitrogen and oxygen atoms in total. The number of anilines is 1. The Hall–Kier alpha value is -1.03. The molecule has 0 spiro atoms. The minimum atomic E-state index is 0.224. The Bertz CT molecular complexity index is 256. The van der Waals surface area contributed by atoms with E-state index in [1.54, 1.807) is 6.20 Å². The Morgan fingerprint density at radius 3 is 3.00 bits per heavy atom. The van der Waals surface area contributed by atoms with Crippen molar-refractivity contribution >= 4 is 5.95 Å². The van der Waals surface area contributed by atoms with Crippen LogP contribution in [0.25, 0.3) is 0 Å². The van der Waals surface area contributed by atoms with Gasteiger partial charge in [-0.2, -0.15) is 0 Å². The number of aryl methyl sites for hydroxylation is 1. The van der Waals surface area contributed by atoms with Gasteiger partial charge in [0, 0.05) is 31.5 Å². The van der Waals surface area contributed by atoms with Crippen molar-refractivity contribution in [1.29, 1.82) is 0 Å². The fourth-order valence-electron chi connectivity index (χ4n) is 1.43. The summed E-state index contributed by atoms with van der Waals surface area (Å²) in [7, 11) is 0. The van der Waals surface area contributed by atoms with Gasteiger partial charge in [0.05, 0.1) is 0 Å². The van der Waals surface area contributed by atoms with Crippen molar-refractivity contribution in [1.82, 2.24) is 9.55 Å². The number of imidazole rings is 1. The van der Waals surface area contributed by atoms with Gasteiger partial charge in [0.25, 0.3) is 0 Å². The molecule has 0 aliphatic carbocycles. The summed E-state index contributed by atoms with van der Waals surface area (Å²) in [5, 5.41) is 3.26. The van der Waals surface area contributed by atoms with E-state index in [4.69, 9.17) is 5.73 Å². The fourth-order valence-corrected chi connectivity index (χ4v) is 1.43. The lowest BCUT2D eigenvalue weighted by Gasteiger charge is -2.12.